The minimum Gasteiger partial charge on any atom is -0.313 e. The van der Waals surface area contributed by atoms with Gasteiger partial charge in [0.25, 0.3) is 0 Å². The highest BCUT2D eigenvalue weighted by atomic mass is 32.2. The van der Waals surface area contributed by atoms with Gasteiger partial charge in [0.05, 0.1) is 0 Å². The molecule has 1 N–H and O–H groups in total. The minimum absolute atomic E-state index is 0.789. The van der Waals surface area contributed by atoms with Gasteiger partial charge in [-0.3, -0.25) is 0 Å². The molecule has 0 aliphatic heterocycles. The Bertz CT molecular complexity index is 115. The minimum atomic E-state index is 0.789. The molecule has 0 bridgehead atoms. The van der Waals surface area contributed by atoms with E-state index in [1.54, 1.807) is 0 Å². The fraction of sp³-hybridized carbons (Fsp3) is 1.00. The van der Waals surface area contributed by atoms with E-state index in [4.69, 9.17) is 0 Å². The number of hydrogen-bond acceptors (Lipinski definition) is 2. The third-order valence-corrected chi connectivity index (χ3v) is 3.57. The van der Waals surface area contributed by atoms with Gasteiger partial charge < -0.3 is 5.32 Å². The maximum atomic E-state index is 3.65. The molecule has 1 fully saturated rings. The third-order valence-electron chi connectivity index (χ3n) is 2.52. The number of thioether (sulfide) groups is 1. The lowest BCUT2D eigenvalue weighted by Gasteiger charge is -2.17. The first-order valence-electron chi connectivity index (χ1n) is 5.68. The van der Waals surface area contributed by atoms with E-state index >= 15 is 0 Å². The average molecular weight is 201 g/mol. The van der Waals surface area contributed by atoms with Gasteiger partial charge in [-0.25, -0.2) is 0 Å². The molecule has 0 amide bonds. The maximum Gasteiger partial charge on any atom is 0.0160 e. The van der Waals surface area contributed by atoms with Crippen LogP contribution in [-0.2, 0) is 0 Å². The summed E-state index contributed by atoms with van der Waals surface area (Å²) in [6.45, 7) is 5.69. The van der Waals surface area contributed by atoms with Crippen molar-refractivity contribution in [3.63, 3.8) is 0 Å². The van der Waals surface area contributed by atoms with Crippen LogP contribution < -0.4 is 5.32 Å². The fourth-order valence-electron chi connectivity index (χ4n) is 1.57. The Morgan fingerprint density at radius 2 is 2.15 bits per heavy atom. The van der Waals surface area contributed by atoms with Gasteiger partial charge in [0, 0.05) is 11.8 Å². The summed E-state index contributed by atoms with van der Waals surface area (Å²) in [6.07, 6.45) is 5.66. The summed E-state index contributed by atoms with van der Waals surface area (Å²) in [4.78, 5) is 0. The molecule has 0 heterocycles. The average Bonchev–Trinajstić information content (AvgIpc) is 2.93. The Balaban J connectivity index is 2.08. The molecular weight excluding hydrogens is 178 g/mol. The zero-order chi connectivity index (χ0) is 9.52. The number of rotatable bonds is 8. The van der Waals surface area contributed by atoms with Crippen molar-refractivity contribution in [2.24, 2.45) is 5.92 Å². The molecule has 0 spiro atoms. The van der Waals surface area contributed by atoms with Crippen molar-refractivity contribution >= 4 is 11.8 Å². The lowest BCUT2D eigenvalue weighted by molar-refractivity contribution is 0.494. The Morgan fingerprint density at radius 1 is 1.38 bits per heavy atom. The van der Waals surface area contributed by atoms with Gasteiger partial charge in [-0.1, -0.05) is 26.7 Å². The molecule has 1 unspecified atom stereocenters. The molecule has 1 rings (SSSR count). The SMILES string of the molecule is CCCNC(CSCC)CC1CC1. The Hall–Kier alpha value is 0.310. The summed E-state index contributed by atoms with van der Waals surface area (Å²) < 4.78 is 0. The summed E-state index contributed by atoms with van der Waals surface area (Å²) in [5.74, 6) is 3.63. The second kappa shape index (κ2) is 6.72. The van der Waals surface area contributed by atoms with Crippen LogP contribution in [0.3, 0.4) is 0 Å². The predicted molar refractivity (Wildman–Crippen MR) is 62.4 cm³/mol. The van der Waals surface area contributed by atoms with Crippen LogP contribution in [0.4, 0.5) is 0 Å². The van der Waals surface area contributed by atoms with Crippen LogP contribution in [0.15, 0.2) is 0 Å². The zero-order valence-electron chi connectivity index (χ0n) is 9.01. The van der Waals surface area contributed by atoms with Gasteiger partial charge in [-0.2, -0.15) is 11.8 Å². The van der Waals surface area contributed by atoms with E-state index in [9.17, 15) is 0 Å². The Morgan fingerprint density at radius 3 is 2.69 bits per heavy atom. The molecule has 2 heteroatoms. The van der Waals surface area contributed by atoms with Crippen molar-refractivity contribution in [1.29, 1.82) is 0 Å². The molecule has 1 aliphatic carbocycles. The van der Waals surface area contributed by atoms with Crippen molar-refractivity contribution in [3.8, 4) is 0 Å². The Kier molecular flexibility index (Phi) is 5.88. The molecule has 78 valence electrons. The van der Waals surface area contributed by atoms with Gasteiger partial charge in [0.15, 0.2) is 0 Å². The van der Waals surface area contributed by atoms with Gasteiger partial charge in [-0.05, 0) is 31.1 Å². The molecule has 1 atom stereocenters. The molecule has 0 aromatic heterocycles. The molecule has 0 aromatic rings. The molecule has 1 saturated carbocycles. The highest BCUT2D eigenvalue weighted by molar-refractivity contribution is 7.99. The summed E-state index contributed by atoms with van der Waals surface area (Å²) >= 11 is 2.07. The quantitative estimate of drug-likeness (QED) is 0.648. The second-order valence-corrected chi connectivity index (χ2v) is 5.31. The van der Waals surface area contributed by atoms with E-state index in [0.29, 0.717) is 0 Å². The molecule has 0 radical (unpaired) electrons. The largest absolute Gasteiger partial charge is 0.313 e. The third kappa shape index (κ3) is 5.58. The molecule has 1 aliphatic rings. The van der Waals surface area contributed by atoms with E-state index in [-0.39, 0.29) is 0 Å². The van der Waals surface area contributed by atoms with Crippen LogP contribution in [0.2, 0.25) is 0 Å². The van der Waals surface area contributed by atoms with Crippen molar-refractivity contribution in [3.05, 3.63) is 0 Å². The van der Waals surface area contributed by atoms with Crippen molar-refractivity contribution < 1.29 is 0 Å². The number of nitrogens with one attached hydrogen (secondary N) is 1. The molecule has 13 heavy (non-hydrogen) atoms. The van der Waals surface area contributed by atoms with Crippen molar-refractivity contribution in [2.45, 2.75) is 45.6 Å². The van der Waals surface area contributed by atoms with E-state index in [1.165, 1.54) is 43.7 Å². The molecule has 0 aromatic carbocycles. The first kappa shape index (κ1) is 11.4. The summed E-state index contributed by atoms with van der Waals surface area (Å²) in [6, 6.07) is 0.789. The lowest BCUT2D eigenvalue weighted by Crippen LogP contribution is -2.32. The predicted octanol–water partition coefficient (Wildman–Crippen LogP) is 2.91. The summed E-state index contributed by atoms with van der Waals surface area (Å²) in [5.41, 5.74) is 0. The molecule has 0 saturated heterocycles. The van der Waals surface area contributed by atoms with Crippen LogP contribution in [0, 0.1) is 5.92 Å². The van der Waals surface area contributed by atoms with Crippen LogP contribution >= 0.6 is 11.8 Å². The van der Waals surface area contributed by atoms with Crippen molar-refractivity contribution in [2.75, 3.05) is 18.1 Å². The highest BCUT2D eigenvalue weighted by Gasteiger charge is 2.24. The van der Waals surface area contributed by atoms with E-state index in [1.807, 2.05) is 0 Å². The molecular formula is C11H23NS. The second-order valence-electron chi connectivity index (χ2n) is 3.99. The first-order valence-corrected chi connectivity index (χ1v) is 6.83. The van der Waals surface area contributed by atoms with Crippen LogP contribution in [0.5, 0.6) is 0 Å². The normalized spacial score (nSPS) is 18.9. The Labute approximate surface area is 87.1 Å². The van der Waals surface area contributed by atoms with Crippen LogP contribution in [0.25, 0.3) is 0 Å². The summed E-state index contributed by atoms with van der Waals surface area (Å²) in [7, 11) is 0. The number of hydrogen-bond donors (Lipinski definition) is 1. The zero-order valence-corrected chi connectivity index (χ0v) is 9.83. The monoisotopic (exact) mass is 201 g/mol. The van der Waals surface area contributed by atoms with Crippen LogP contribution in [0.1, 0.15) is 39.5 Å². The van der Waals surface area contributed by atoms with Gasteiger partial charge in [-0.15, -0.1) is 0 Å². The van der Waals surface area contributed by atoms with Crippen LogP contribution in [-0.4, -0.2) is 24.1 Å². The van der Waals surface area contributed by atoms with Gasteiger partial charge in [0.2, 0.25) is 0 Å². The van der Waals surface area contributed by atoms with Crippen molar-refractivity contribution in [1.82, 2.24) is 5.32 Å². The lowest BCUT2D eigenvalue weighted by atomic mass is 10.1. The summed E-state index contributed by atoms with van der Waals surface area (Å²) in [5, 5.41) is 3.65. The smallest absolute Gasteiger partial charge is 0.0160 e. The van der Waals surface area contributed by atoms with Gasteiger partial charge in [0.1, 0.15) is 0 Å². The highest BCUT2D eigenvalue weighted by Crippen LogP contribution is 2.34. The standard InChI is InChI=1S/C11H23NS/c1-3-7-12-11(9-13-4-2)8-10-5-6-10/h10-12H,3-9H2,1-2H3. The van der Waals surface area contributed by atoms with E-state index in [2.05, 4.69) is 30.9 Å². The van der Waals surface area contributed by atoms with Gasteiger partial charge >= 0.3 is 0 Å². The topological polar surface area (TPSA) is 12.0 Å². The van der Waals surface area contributed by atoms with E-state index in [0.717, 1.165) is 12.0 Å². The van der Waals surface area contributed by atoms with E-state index < -0.39 is 0 Å². The molecule has 1 nitrogen and oxygen atoms in total. The fourth-order valence-corrected chi connectivity index (χ4v) is 2.35. The maximum absolute atomic E-state index is 3.65. The first-order chi connectivity index (χ1) is 6.36.